The molecule has 2 aliphatic heterocycles. The fourth-order valence-electron chi connectivity index (χ4n) is 4.77. The van der Waals surface area contributed by atoms with E-state index in [2.05, 4.69) is 37.5 Å². The molecular formula is C35H58N5O11PS. The zero-order valence-electron chi connectivity index (χ0n) is 33.0. The molecule has 3 rings (SSSR count). The fraction of sp³-hybridized carbons (Fsp3) is 0.657. The highest BCUT2D eigenvalue weighted by Crippen LogP contribution is 2.45. The molecule has 2 fully saturated rings. The highest BCUT2D eigenvalue weighted by molar-refractivity contribution is 7.90. The van der Waals surface area contributed by atoms with Gasteiger partial charge in [-0.2, -0.15) is 8.42 Å². The normalized spacial score (nSPS) is 20.1. The minimum atomic E-state index is -3.69. The van der Waals surface area contributed by atoms with Crippen molar-refractivity contribution >= 4 is 41.9 Å². The van der Waals surface area contributed by atoms with Crippen LogP contribution in [-0.2, 0) is 42.7 Å². The minimum absolute atomic E-state index is 0.0901. The van der Waals surface area contributed by atoms with Gasteiger partial charge in [-0.25, -0.2) is 9.59 Å². The van der Waals surface area contributed by atoms with Crippen LogP contribution in [0.2, 0.25) is 0 Å². The summed E-state index contributed by atoms with van der Waals surface area (Å²) in [6.45, 7) is 19.7. The Bertz CT molecular complexity index is 1570. The van der Waals surface area contributed by atoms with E-state index in [1.807, 2.05) is 55.4 Å². The number of aldehydes is 1. The van der Waals surface area contributed by atoms with Gasteiger partial charge in [0.15, 0.2) is 0 Å². The Kier molecular flexibility index (Phi) is 20.2. The van der Waals surface area contributed by atoms with Crippen LogP contribution in [0.5, 0.6) is 0 Å². The molecule has 1 aromatic rings. The summed E-state index contributed by atoms with van der Waals surface area (Å²) < 4.78 is 56.0. The molecule has 16 nitrogen and oxygen atoms in total. The summed E-state index contributed by atoms with van der Waals surface area (Å²) >= 11 is 0. The summed E-state index contributed by atoms with van der Waals surface area (Å²) in [6, 6.07) is 5.86. The maximum absolute atomic E-state index is 11.8. The predicted octanol–water partition coefficient (Wildman–Crippen LogP) is 6.17. The van der Waals surface area contributed by atoms with Gasteiger partial charge in [-0.15, -0.1) is 6.42 Å². The number of hydrogen-bond acceptors (Lipinski definition) is 12. The molecule has 0 spiro atoms. The average Bonchev–Trinajstić information content (AvgIpc) is 3.62. The van der Waals surface area contributed by atoms with E-state index in [1.165, 1.54) is 38.2 Å². The van der Waals surface area contributed by atoms with Gasteiger partial charge < -0.3 is 29.2 Å². The van der Waals surface area contributed by atoms with Gasteiger partial charge in [-0.3, -0.25) is 19.2 Å². The Morgan fingerprint density at radius 2 is 1.40 bits per heavy atom. The van der Waals surface area contributed by atoms with Crippen LogP contribution >= 0.6 is 7.60 Å². The Hall–Kier alpha value is -3.84. The van der Waals surface area contributed by atoms with Gasteiger partial charge in [0.05, 0.1) is 17.0 Å². The van der Waals surface area contributed by atoms with Crippen molar-refractivity contribution < 1.29 is 50.7 Å². The molecule has 2 amide bonds. The van der Waals surface area contributed by atoms with Crippen LogP contribution in [0.15, 0.2) is 38.9 Å². The summed E-state index contributed by atoms with van der Waals surface area (Å²) in [7, 11) is -4.27. The second-order valence-corrected chi connectivity index (χ2v) is 18.5. The van der Waals surface area contributed by atoms with Crippen molar-refractivity contribution in [2.75, 3.05) is 33.5 Å². The van der Waals surface area contributed by atoms with Crippen LogP contribution < -0.4 is 5.84 Å². The molecule has 300 valence electrons. The van der Waals surface area contributed by atoms with E-state index in [-0.39, 0.29) is 41.1 Å². The quantitative estimate of drug-likeness (QED) is 0.0821. The zero-order valence-corrected chi connectivity index (χ0v) is 34.7. The van der Waals surface area contributed by atoms with Crippen molar-refractivity contribution in [2.24, 2.45) is 27.4 Å². The minimum Gasteiger partial charge on any atom is -0.444 e. The number of aryl methyl sites for hydroxylation is 1. The van der Waals surface area contributed by atoms with E-state index >= 15 is 0 Å². The monoisotopic (exact) mass is 787 g/mol. The summed E-state index contributed by atoms with van der Waals surface area (Å²) in [5.41, 5.74) is 0.0157. The maximum Gasteiger partial charge on any atom is 0.411 e. The lowest BCUT2D eigenvalue weighted by Crippen LogP contribution is -2.40. The van der Waals surface area contributed by atoms with Crippen molar-refractivity contribution in [2.45, 2.75) is 110 Å². The largest absolute Gasteiger partial charge is 0.444 e. The molecule has 2 aliphatic rings. The number of Topliss-reactive ketones (excluding diaryl/α,β-unsaturated/α-hetero) is 1. The van der Waals surface area contributed by atoms with E-state index in [0.717, 1.165) is 24.7 Å². The molecule has 0 bridgehead atoms. The lowest BCUT2D eigenvalue weighted by molar-refractivity contribution is -0.115. The molecule has 0 radical (unpaired) electrons. The first-order valence-electron chi connectivity index (χ1n) is 16.8. The SMILES string of the molecule is C#C[C@@H]1C[C@H](C)CN1C(=O)OC(C)(C)C.COP(=O)(CC(C)=O)OC.C[C@H]1C[C@@H](C=O)N(C(=O)OC(C)(C)C)C1.Cc1ccc(S(=O)(=O)N=NN)cc1. The van der Waals surface area contributed by atoms with Crippen LogP contribution in [0.4, 0.5) is 9.59 Å². The highest BCUT2D eigenvalue weighted by Gasteiger charge is 2.36. The molecular weight excluding hydrogens is 729 g/mol. The Labute approximate surface area is 315 Å². The van der Waals surface area contributed by atoms with Crippen molar-refractivity contribution in [3.63, 3.8) is 0 Å². The molecule has 0 saturated carbocycles. The Morgan fingerprint density at radius 3 is 1.77 bits per heavy atom. The number of hydrogen-bond donors (Lipinski definition) is 1. The molecule has 0 aromatic heterocycles. The molecule has 0 unspecified atom stereocenters. The topological polar surface area (TPSA) is 214 Å². The number of ketones is 1. The number of sulfonamides is 1. The third-order valence-electron chi connectivity index (χ3n) is 7.11. The van der Waals surface area contributed by atoms with E-state index < -0.39 is 28.8 Å². The average molecular weight is 788 g/mol. The molecule has 2 saturated heterocycles. The van der Waals surface area contributed by atoms with E-state index in [9.17, 15) is 32.2 Å². The number of carbonyl (C=O) groups excluding carboxylic acids is 4. The lowest BCUT2D eigenvalue weighted by atomic mass is 10.1. The molecule has 53 heavy (non-hydrogen) atoms. The van der Waals surface area contributed by atoms with E-state index in [4.69, 9.17) is 15.9 Å². The summed E-state index contributed by atoms with van der Waals surface area (Å²) in [5, 5.41) is 2.74. The Balaban J connectivity index is 0.000000688. The summed E-state index contributed by atoms with van der Waals surface area (Å²) in [5.74, 6) is 7.92. The smallest absolute Gasteiger partial charge is 0.411 e. The third-order valence-corrected chi connectivity index (χ3v) is 10.2. The van der Waals surface area contributed by atoms with Gasteiger partial charge in [0.25, 0.3) is 0 Å². The second-order valence-electron chi connectivity index (χ2n) is 14.7. The first kappa shape index (κ1) is 49.2. The standard InChI is InChI=1S/C12H19NO2.C11H19NO3.C7H9N3O2S.C5H11O4P/c1-6-10-7-9(2)8-13(10)11(14)15-12(3,4)5;1-8-5-9(7-13)12(6-8)10(14)15-11(2,3)4;1-6-2-4-7(5-3-6)13(11,12)10-9-8;1-5(6)4-10(7,8-2)9-3/h1,9-10H,7-8H2,2-5H3;7-9H,5-6H2,1-4H3;2-5H,1H3,(H2,8,10);4H2,1-3H3/t9-,10+;8-,9-;;/m00../s1. The zero-order chi connectivity index (χ0) is 41.4. The first-order chi connectivity index (χ1) is 24.3. The van der Waals surface area contributed by atoms with Gasteiger partial charge in [0, 0.05) is 27.3 Å². The van der Waals surface area contributed by atoms with Crippen molar-refractivity contribution in [1.29, 1.82) is 0 Å². The molecule has 0 aliphatic carbocycles. The van der Waals surface area contributed by atoms with E-state index in [0.29, 0.717) is 24.9 Å². The fourth-order valence-corrected chi connectivity index (χ4v) is 6.42. The number of rotatable bonds is 7. The molecule has 18 heteroatoms. The van der Waals surface area contributed by atoms with Crippen molar-refractivity contribution in [3.05, 3.63) is 29.8 Å². The number of nitrogens with two attached hydrogens (primary N) is 1. The van der Waals surface area contributed by atoms with Crippen LogP contribution in [0.1, 0.15) is 80.7 Å². The number of likely N-dealkylation sites (tertiary alicyclic amines) is 2. The number of nitrogens with zero attached hydrogens (tertiary/aromatic N) is 4. The second kappa shape index (κ2) is 21.8. The van der Waals surface area contributed by atoms with Gasteiger partial charge in [0.2, 0.25) is 0 Å². The molecule has 2 heterocycles. The van der Waals surface area contributed by atoms with Gasteiger partial charge in [-0.1, -0.05) is 42.7 Å². The Morgan fingerprint density at radius 1 is 0.943 bits per heavy atom. The number of ether oxygens (including phenoxy) is 2. The third kappa shape index (κ3) is 19.2. The molecule has 1 aromatic carbocycles. The number of terminal acetylenes is 1. The number of benzene rings is 1. The van der Waals surface area contributed by atoms with Crippen LogP contribution in [0.25, 0.3) is 0 Å². The van der Waals surface area contributed by atoms with Gasteiger partial charge >= 0.3 is 29.8 Å². The maximum atomic E-state index is 11.8. The van der Waals surface area contributed by atoms with Gasteiger partial charge in [0.1, 0.15) is 29.4 Å². The van der Waals surface area contributed by atoms with E-state index in [1.54, 1.807) is 17.0 Å². The highest BCUT2D eigenvalue weighted by atomic mass is 32.2. The molecule has 2 N–H and O–H groups in total. The van der Waals surface area contributed by atoms with Crippen molar-refractivity contribution in [1.82, 2.24) is 9.80 Å². The number of amides is 2. The molecule has 4 atom stereocenters. The lowest BCUT2D eigenvalue weighted by Gasteiger charge is -2.26. The predicted molar refractivity (Wildman–Crippen MR) is 200 cm³/mol. The summed E-state index contributed by atoms with van der Waals surface area (Å²) in [6.07, 6.45) is 6.99. The summed E-state index contributed by atoms with van der Waals surface area (Å²) in [4.78, 5) is 48.0. The first-order valence-corrected chi connectivity index (χ1v) is 20.0. The van der Waals surface area contributed by atoms with Gasteiger partial charge in [-0.05, 0) is 96.7 Å². The van der Waals surface area contributed by atoms with Crippen molar-refractivity contribution in [3.8, 4) is 12.3 Å². The van der Waals surface area contributed by atoms with Crippen LogP contribution in [0.3, 0.4) is 0 Å². The number of carbonyl (C=O) groups is 4. The van der Waals surface area contributed by atoms with Crippen LogP contribution in [0, 0.1) is 31.1 Å². The van der Waals surface area contributed by atoms with Crippen LogP contribution in [-0.4, -0.2) is 99.2 Å².